The average Bonchev–Trinajstić information content (AvgIpc) is 2.96. The molecule has 1 aliphatic heterocycles. The summed E-state index contributed by atoms with van der Waals surface area (Å²) in [5.74, 6) is 0.322. The number of allylic oxidation sites excluding steroid dienone is 1. The van der Waals surface area contributed by atoms with Crippen molar-refractivity contribution in [3.63, 3.8) is 0 Å². The molecule has 0 radical (unpaired) electrons. The van der Waals surface area contributed by atoms with Gasteiger partial charge >= 0.3 is 0 Å². The van der Waals surface area contributed by atoms with Crippen LogP contribution in [0.15, 0.2) is 132 Å². The zero-order valence-electron chi connectivity index (χ0n) is 20.8. The summed E-state index contributed by atoms with van der Waals surface area (Å²) in [7, 11) is 0. The number of nitrogens with zero attached hydrogens (tertiary/aromatic N) is 1. The van der Waals surface area contributed by atoms with Crippen LogP contribution in [0.2, 0.25) is 0 Å². The third-order valence-electron chi connectivity index (χ3n) is 7.80. The van der Waals surface area contributed by atoms with E-state index >= 15 is 0 Å². The molecule has 0 N–H and O–H groups in total. The SMILES string of the molecule is CC1N=CC=CC1c1ccc(-c2c3ccccc3c(-c3ccc4ccccc4c3)c3ccccc23)cc1. The van der Waals surface area contributed by atoms with Crippen LogP contribution in [0, 0.1) is 0 Å². The van der Waals surface area contributed by atoms with Crippen molar-refractivity contribution in [2.75, 3.05) is 0 Å². The van der Waals surface area contributed by atoms with Crippen LogP contribution in [0.4, 0.5) is 0 Å². The lowest BCUT2D eigenvalue weighted by Gasteiger charge is -2.21. The lowest BCUT2D eigenvalue weighted by atomic mass is 9.84. The van der Waals surface area contributed by atoms with Crippen LogP contribution in [0.5, 0.6) is 0 Å². The molecule has 176 valence electrons. The Bertz CT molecular complexity index is 1780. The zero-order chi connectivity index (χ0) is 24.8. The topological polar surface area (TPSA) is 12.4 Å². The molecule has 0 bridgehead atoms. The van der Waals surface area contributed by atoms with Crippen molar-refractivity contribution >= 4 is 38.5 Å². The first-order valence-corrected chi connectivity index (χ1v) is 13.0. The molecule has 0 saturated carbocycles. The molecular weight excluding hydrogens is 446 g/mol. The second kappa shape index (κ2) is 8.87. The Kier molecular flexibility index (Phi) is 5.22. The second-order valence-corrected chi connectivity index (χ2v) is 9.97. The highest BCUT2D eigenvalue weighted by molar-refractivity contribution is 6.21. The summed E-state index contributed by atoms with van der Waals surface area (Å²) in [6, 6.07) is 42.6. The largest absolute Gasteiger partial charge is 0.289 e. The molecule has 0 aromatic heterocycles. The minimum atomic E-state index is 0.263. The number of benzene rings is 6. The Labute approximate surface area is 217 Å². The highest BCUT2D eigenvalue weighted by Gasteiger charge is 2.19. The van der Waals surface area contributed by atoms with E-state index in [0.717, 1.165) is 0 Å². The van der Waals surface area contributed by atoms with Crippen molar-refractivity contribution in [2.24, 2.45) is 4.99 Å². The molecule has 1 heterocycles. The molecule has 6 aromatic rings. The standard InChI is InChI=1S/C36H27N/c1-24-30(15-8-22-37-24)26-17-19-27(20-18-26)35-31-11-4-6-13-33(31)36(34-14-7-5-12-32(34)35)29-21-16-25-9-2-3-10-28(25)23-29/h2-24,30H,1H3. The molecule has 0 aliphatic carbocycles. The van der Waals surface area contributed by atoms with Crippen LogP contribution in [0.3, 0.4) is 0 Å². The maximum Gasteiger partial charge on any atom is 0.0574 e. The molecule has 1 aliphatic rings. The molecule has 0 saturated heterocycles. The van der Waals surface area contributed by atoms with Gasteiger partial charge in [0.15, 0.2) is 0 Å². The normalized spacial score (nSPS) is 17.1. The molecule has 37 heavy (non-hydrogen) atoms. The lowest BCUT2D eigenvalue weighted by molar-refractivity contribution is 0.661. The van der Waals surface area contributed by atoms with Crippen molar-refractivity contribution in [2.45, 2.75) is 18.9 Å². The smallest absolute Gasteiger partial charge is 0.0574 e. The van der Waals surface area contributed by atoms with Crippen LogP contribution in [-0.2, 0) is 0 Å². The van der Waals surface area contributed by atoms with Crippen molar-refractivity contribution in [1.82, 2.24) is 0 Å². The predicted molar refractivity (Wildman–Crippen MR) is 160 cm³/mol. The van der Waals surface area contributed by atoms with Gasteiger partial charge in [0.05, 0.1) is 6.04 Å². The Balaban J connectivity index is 1.47. The molecule has 2 atom stereocenters. The van der Waals surface area contributed by atoms with E-state index in [0.29, 0.717) is 5.92 Å². The predicted octanol–water partition coefficient (Wildman–Crippen LogP) is 9.59. The van der Waals surface area contributed by atoms with E-state index in [4.69, 9.17) is 0 Å². The quantitative estimate of drug-likeness (QED) is 0.227. The minimum absolute atomic E-state index is 0.263. The van der Waals surface area contributed by atoms with Gasteiger partial charge in [0.1, 0.15) is 0 Å². The Morgan fingerprint density at radius 2 is 1.08 bits per heavy atom. The third kappa shape index (κ3) is 3.67. The molecule has 0 spiro atoms. The molecule has 0 fully saturated rings. The van der Waals surface area contributed by atoms with Crippen molar-refractivity contribution in [3.05, 3.63) is 133 Å². The first kappa shape index (κ1) is 21.8. The van der Waals surface area contributed by atoms with Crippen LogP contribution in [-0.4, -0.2) is 12.3 Å². The van der Waals surface area contributed by atoms with E-state index in [1.54, 1.807) is 0 Å². The fourth-order valence-electron chi connectivity index (χ4n) is 5.97. The highest BCUT2D eigenvalue weighted by atomic mass is 14.8. The summed E-state index contributed by atoms with van der Waals surface area (Å²) in [5.41, 5.74) is 6.42. The Morgan fingerprint density at radius 3 is 1.70 bits per heavy atom. The summed E-state index contributed by atoms with van der Waals surface area (Å²) >= 11 is 0. The maximum absolute atomic E-state index is 4.60. The van der Waals surface area contributed by atoms with Crippen molar-refractivity contribution in [3.8, 4) is 22.3 Å². The average molecular weight is 474 g/mol. The van der Waals surface area contributed by atoms with Gasteiger partial charge in [-0.1, -0.05) is 115 Å². The first-order valence-electron chi connectivity index (χ1n) is 13.0. The molecule has 6 aromatic carbocycles. The molecular formula is C36H27N. The third-order valence-corrected chi connectivity index (χ3v) is 7.80. The zero-order valence-corrected chi connectivity index (χ0v) is 20.8. The van der Waals surface area contributed by atoms with Crippen LogP contribution < -0.4 is 0 Å². The molecule has 2 unspecified atom stereocenters. The molecule has 1 nitrogen and oxygen atoms in total. The van der Waals surface area contributed by atoms with E-state index < -0.39 is 0 Å². The first-order chi connectivity index (χ1) is 18.3. The monoisotopic (exact) mass is 473 g/mol. The maximum atomic E-state index is 4.60. The fourth-order valence-corrected chi connectivity index (χ4v) is 5.97. The number of hydrogen-bond acceptors (Lipinski definition) is 1. The minimum Gasteiger partial charge on any atom is -0.289 e. The van der Waals surface area contributed by atoms with Gasteiger partial charge in [-0.2, -0.15) is 0 Å². The number of rotatable bonds is 3. The molecule has 0 amide bonds. The Morgan fingerprint density at radius 1 is 0.541 bits per heavy atom. The second-order valence-electron chi connectivity index (χ2n) is 9.97. The van der Waals surface area contributed by atoms with Gasteiger partial charge in [0, 0.05) is 12.1 Å². The lowest BCUT2D eigenvalue weighted by Crippen LogP contribution is -2.13. The number of aliphatic imine (C=N–C) groups is 1. The van der Waals surface area contributed by atoms with E-state index in [-0.39, 0.29) is 6.04 Å². The summed E-state index contributed by atoms with van der Waals surface area (Å²) in [6.45, 7) is 2.19. The summed E-state index contributed by atoms with van der Waals surface area (Å²) in [6.07, 6.45) is 6.23. The summed E-state index contributed by atoms with van der Waals surface area (Å²) in [5, 5.41) is 7.68. The van der Waals surface area contributed by atoms with E-state index in [1.165, 1.54) is 60.1 Å². The highest BCUT2D eigenvalue weighted by Crippen LogP contribution is 2.44. The van der Waals surface area contributed by atoms with Gasteiger partial charge in [0.25, 0.3) is 0 Å². The molecule has 1 heteroatoms. The van der Waals surface area contributed by atoms with E-state index in [9.17, 15) is 0 Å². The number of dihydropyridines is 1. The van der Waals surface area contributed by atoms with Gasteiger partial charge in [-0.3, -0.25) is 4.99 Å². The number of hydrogen-bond donors (Lipinski definition) is 0. The van der Waals surface area contributed by atoms with Crippen molar-refractivity contribution in [1.29, 1.82) is 0 Å². The van der Waals surface area contributed by atoms with Crippen LogP contribution in [0.1, 0.15) is 18.4 Å². The van der Waals surface area contributed by atoms with Gasteiger partial charge in [-0.05, 0) is 79.2 Å². The van der Waals surface area contributed by atoms with Gasteiger partial charge in [0.2, 0.25) is 0 Å². The van der Waals surface area contributed by atoms with Crippen LogP contribution >= 0.6 is 0 Å². The van der Waals surface area contributed by atoms with Gasteiger partial charge in [-0.15, -0.1) is 0 Å². The summed E-state index contributed by atoms with van der Waals surface area (Å²) < 4.78 is 0. The molecule has 7 rings (SSSR count). The number of fused-ring (bicyclic) bond motifs is 3. The Hall–Kier alpha value is -4.49. The van der Waals surface area contributed by atoms with Crippen LogP contribution in [0.25, 0.3) is 54.6 Å². The summed E-state index contributed by atoms with van der Waals surface area (Å²) in [4.78, 5) is 4.60. The van der Waals surface area contributed by atoms with Gasteiger partial charge in [-0.25, -0.2) is 0 Å². The fraction of sp³-hybridized carbons (Fsp3) is 0.0833. The van der Waals surface area contributed by atoms with E-state index in [2.05, 4.69) is 139 Å². The van der Waals surface area contributed by atoms with Crippen molar-refractivity contribution < 1.29 is 0 Å². The van der Waals surface area contributed by atoms with E-state index in [1.807, 2.05) is 6.21 Å². The van der Waals surface area contributed by atoms with Gasteiger partial charge < -0.3 is 0 Å².